The van der Waals surface area contributed by atoms with E-state index in [2.05, 4.69) is 30.9 Å². The van der Waals surface area contributed by atoms with Crippen molar-refractivity contribution in [3.63, 3.8) is 0 Å². The Bertz CT molecular complexity index is 423. The highest BCUT2D eigenvalue weighted by molar-refractivity contribution is 5.41. The van der Waals surface area contributed by atoms with Crippen LogP contribution in [0.4, 0.5) is 0 Å². The zero-order valence-electron chi connectivity index (χ0n) is 12.4. The van der Waals surface area contributed by atoms with Crippen molar-refractivity contribution in [3.05, 3.63) is 28.8 Å². The molecule has 0 saturated carbocycles. The summed E-state index contributed by atoms with van der Waals surface area (Å²) in [4.78, 5) is 2.51. The van der Waals surface area contributed by atoms with E-state index in [0.29, 0.717) is 6.04 Å². The number of likely N-dealkylation sites (tertiary alicyclic amines) is 1. The van der Waals surface area contributed by atoms with E-state index in [4.69, 9.17) is 10.5 Å². The van der Waals surface area contributed by atoms with Crippen LogP contribution >= 0.6 is 0 Å². The Kier molecular flexibility index (Phi) is 4.83. The number of benzene rings is 1. The monoisotopic (exact) mass is 262 g/mol. The Balaban J connectivity index is 1.97. The minimum atomic E-state index is 0.410. The van der Waals surface area contributed by atoms with Gasteiger partial charge in [0.25, 0.3) is 0 Å². The molecule has 19 heavy (non-hydrogen) atoms. The number of piperidine rings is 1. The van der Waals surface area contributed by atoms with Crippen molar-refractivity contribution in [3.8, 4) is 5.75 Å². The van der Waals surface area contributed by atoms with Crippen molar-refractivity contribution in [2.45, 2.75) is 39.2 Å². The second-order valence-corrected chi connectivity index (χ2v) is 5.68. The molecule has 1 fully saturated rings. The van der Waals surface area contributed by atoms with Crippen LogP contribution in [-0.2, 0) is 6.42 Å². The second-order valence-electron chi connectivity index (χ2n) is 5.68. The van der Waals surface area contributed by atoms with Crippen LogP contribution in [0.15, 0.2) is 12.1 Å². The largest absolute Gasteiger partial charge is 0.496 e. The lowest BCUT2D eigenvalue weighted by Gasteiger charge is -2.30. The summed E-state index contributed by atoms with van der Waals surface area (Å²) in [5, 5.41) is 0. The number of aryl methyl sites for hydroxylation is 2. The Hall–Kier alpha value is -1.06. The fourth-order valence-electron chi connectivity index (χ4n) is 2.69. The van der Waals surface area contributed by atoms with Crippen LogP contribution < -0.4 is 10.5 Å². The van der Waals surface area contributed by atoms with Crippen LogP contribution in [0.1, 0.15) is 29.5 Å². The van der Waals surface area contributed by atoms with Crippen LogP contribution in [0.25, 0.3) is 0 Å². The Morgan fingerprint density at radius 3 is 2.47 bits per heavy atom. The molecule has 3 nitrogen and oxygen atoms in total. The van der Waals surface area contributed by atoms with Crippen molar-refractivity contribution >= 4 is 0 Å². The number of nitrogens with zero attached hydrogens (tertiary/aromatic N) is 1. The van der Waals surface area contributed by atoms with Crippen LogP contribution in [-0.4, -0.2) is 37.7 Å². The molecule has 0 aliphatic carbocycles. The fourth-order valence-corrected chi connectivity index (χ4v) is 2.69. The van der Waals surface area contributed by atoms with Crippen molar-refractivity contribution in [2.24, 2.45) is 5.73 Å². The standard InChI is InChI=1S/C16H26N2O/c1-12-10-14(16(19-3)11-13(12)2)4-7-18-8-5-15(17)6-9-18/h10-11,15H,4-9,17H2,1-3H3. The average Bonchev–Trinajstić information content (AvgIpc) is 2.41. The molecule has 0 amide bonds. The number of hydrogen-bond acceptors (Lipinski definition) is 3. The minimum Gasteiger partial charge on any atom is -0.496 e. The highest BCUT2D eigenvalue weighted by Gasteiger charge is 2.16. The molecule has 0 aromatic heterocycles. The Morgan fingerprint density at radius 2 is 1.84 bits per heavy atom. The van der Waals surface area contributed by atoms with Gasteiger partial charge in [0.1, 0.15) is 5.75 Å². The van der Waals surface area contributed by atoms with Gasteiger partial charge in [-0.05, 0) is 69.0 Å². The van der Waals surface area contributed by atoms with E-state index < -0.39 is 0 Å². The smallest absolute Gasteiger partial charge is 0.122 e. The molecule has 2 rings (SSSR count). The van der Waals surface area contributed by atoms with E-state index >= 15 is 0 Å². The van der Waals surface area contributed by atoms with Crippen LogP contribution in [0, 0.1) is 13.8 Å². The topological polar surface area (TPSA) is 38.5 Å². The van der Waals surface area contributed by atoms with Gasteiger partial charge in [0.05, 0.1) is 7.11 Å². The molecule has 0 atom stereocenters. The molecular weight excluding hydrogens is 236 g/mol. The fraction of sp³-hybridized carbons (Fsp3) is 0.625. The molecule has 1 aliphatic rings. The number of methoxy groups -OCH3 is 1. The first kappa shape index (κ1) is 14.4. The summed E-state index contributed by atoms with van der Waals surface area (Å²) >= 11 is 0. The van der Waals surface area contributed by atoms with Crippen LogP contribution in [0.2, 0.25) is 0 Å². The minimum absolute atomic E-state index is 0.410. The first-order valence-corrected chi connectivity index (χ1v) is 7.22. The van der Waals surface area contributed by atoms with Crippen molar-refractivity contribution in [1.82, 2.24) is 4.90 Å². The summed E-state index contributed by atoms with van der Waals surface area (Å²) in [5.74, 6) is 1.02. The van der Waals surface area contributed by atoms with Crippen molar-refractivity contribution in [2.75, 3.05) is 26.7 Å². The van der Waals surface area contributed by atoms with Gasteiger partial charge in [-0.15, -0.1) is 0 Å². The summed E-state index contributed by atoms with van der Waals surface area (Å²) < 4.78 is 5.50. The van der Waals surface area contributed by atoms with Gasteiger partial charge < -0.3 is 15.4 Å². The second kappa shape index (κ2) is 6.40. The number of nitrogens with two attached hydrogens (primary N) is 1. The van der Waals surface area contributed by atoms with Crippen LogP contribution in [0.3, 0.4) is 0 Å². The molecule has 106 valence electrons. The third kappa shape index (κ3) is 3.71. The van der Waals surface area contributed by atoms with E-state index in [-0.39, 0.29) is 0 Å². The molecule has 0 bridgehead atoms. The number of ether oxygens (including phenoxy) is 1. The van der Waals surface area contributed by atoms with Crippen molar-refractivity contribution in [1.29, 1.82) is 0 Å². The normalized spacial score (nSPS) is 17.7. The average molecular weight is 262 g/mol. The Labute approximate surface area is 116 Å². The molecule has 0 radical (unpaired) electrons. The van der Waals surface area contributed by atoms with Gasteiger partial charge >= 0.3 is 0 Å². The lowest BCUT2D eigenvalue weighted by atomic mass is 10.0. The summed E-state index contributed by atoms with van der Waals surface area (Å²) in [7, 11) is 1.76. The Morgan fingerprint density at radius 1 is 1.21 bits per heavy atom. The lowest BCUT2D eigenvalue weighted by molar-refractivity contribution is 0.215. The molecule has 0 spiro atoms. The predicted molar refractivity (Wildman–Crippen MR) is 79.8 cm³/mol. The molecule has 1 aromatic carbocycles. The van der Waals surface area contributed by atoms with Gasteiger partial charge in [-0.2, -0.15) is 0 Å². The van der Waals surface area contributed by atoms with E-state index in [1.165, 1.54) is 16.7 Å². The predicted octanol–water partition coefficient (Wildman–Crippen LogP) is 2.28. The van der Waals surface area contributed by atoms with Gasteiger partial charge in [-0.25, -0.2) is 0 Å². The van der Waals surface area contributed by atoms with Gasteiger partial charge in [-0.3, -0.25) is 0 Å². The highest BCUT2D eigenvalue weighted by atomic mass is 16.5. The maximum atomic E-state index is 5.94. The molecule has 1 aromatic rings. The zero-order chi connectivity index (χ0) is 13.8. The quantitative estimate of drug-likeness (QED) is 0.904. The van der Waals surface area contributed by atoms with E-state index in [1.807, 2.05) is 0 Å². The van der Waals surface area contributed by atoms with E-state index in [0.717, 1.165) is 44.6 Å². The van der Waals surface area contributed by atoms with Gasteiger partial charge in [0.15, 0.2) is 0 Å². The van der Waals surface area contributed by atoms with Crippen LogP contribution in [0.5, 0.6) is 5.75 Å². The van der Waals surface area contributed by atoms with E-state index in [9.17, 15) is 0 Å². The van der Waals surface area contributed by atoms with Crippen molar-refractivity contribution < 1.29 is 4.74 Å². The van der Waals surface area contributed by atoms with E-state index in [1.54, 1.807) is 7.11 Å². The zero-order valence-corrected chi connectivity index (χ0v) is 12.4. The third-order valence-electron chi connectivity index (χ3n) is 4.23. The maximum Gasteiger partial charge on any atom is 0.122 e. The maximum absolute atomic E-state index is 5.94. The molecule has 1 heterocycles. The number of hydrogen-bond donors (Lipinski definition) is 1. The molecule has 0 unspecified atom stereocenters. The summed E-state index contributed by atoms with van der Waals surface area (Å²) in [6.07, 6.45) is 3.31. The number of rotatable bonds is 4. The third-order valence-corrected chi connectivity index (χ3v) is 4.23. The molecule has 1 aliphatic heterocycles. The molecule has 3 heteroatoms. The summed E-state index contributed by atoms with van der Waals surface area (Å²) in [6, 6.07) is 4.83. The first-order valence-electron chi connectivity index (χ1n) is 7.22. The first-order chi connectivity index (χ1) is 9.10. The molecular formula is C16H26N2O. The molecule has 1 saturated heterocycles. The highest BCUT2D eigenvalue weighted by Crippen LogP contribution is 2.24. The molecule has 2 N–H and O–H groups in total. The van der Waals surface area contributed by atoms with Gasteiger partial charge in [0, 0.05) is 12.6 Å². The summed E-state index contributed by atoms with van der Waals surface area (Å²) in [6.45, 7) is 7.67. The summed E-state index contributed by atoms with van der Waals surface area (Å²) in [5.41, 5.74) is 9.90. The van der Waals surface area contributed by atoms with Gasteiger partial charge in [0.2, 0.25) is 0 Å². The van der Waals surface area contributed by atoms with Gasteiger partial charge in [-0.1, -0.05) is 6.07 Å². The lowest BCUT2D eigenvalue weighted by Crippen LogP contribution is -2.40. The SMILES string of the molecule is COc1cc(C)c(C)cc1CCN1CCC(N)CC1.